The van der Waals surface area contributed by atoms with Gasteiger partial charge in [-0.2, -0.15) is 5.06 Å². The molecule has 242 valence electrons. The van der Waals surface area contributed by atoms with Gasteiger partial charge in [0, 0.05) is 38.1 Å². The van der Waals surface area contributed by atoms with Crippen LogP contribution in [0.4, 0.5) is 0 Å². The molecule has 44 heavy (non-hydrogen) atoms. The Hall–Kier alpha value is -2.29. The molecule has 3 saturated carbocycles. The summed E-state index contributed by atoms with van der Waals surface area (Å²) in [6.45, 7) is 13.5. The molecule has 3 aliphatic carbocycles. The third-order valence-electron chi connectivity index (χ3n) is 11.2. The molecular weight excluding hydrogens is 548 g/mol. The Morgan fingerprint density at radius 3 is 2.41 bits per heavy atom. The lowest BCUT2D eigenvalue weighted by Crippen LogP contribution is -2.62. The van der Waals surface area contributed by atoms with Crippen LogP contribution in [0.1, 0.15) is 63.6 Å². The number of nitrogens with one attached hydrogen (secondary N) is 1. The second-order valence-corrected chi connectivity index (χ2v) is 14.6. The van der Waals surface area contributed by atoms with E-state index in [-0.39, 0.29) is 30.6 Å². The molecule has 4 aliphatic rings. The Bertz CT molecular complexity index is 1220. The Kier molecular flexibility index (Phi) is 10.8. The van der Waals surface area contributed by atoms with E-state index in [1.54, 1.807) is 0 Å². The zero-order valence-corrected chi connectivity index (χ0v) is 27.9. The molecule has 7 atom stereocenters. The summed E-state index contributed by atoms with van der Waals surface area (Å²) < 4.78 is 0. The summed E-state index contributed by atoms with van der Waals surface area (Å²) in [4.78, 5) is 25.1. The highest BCUT2D eigenvalue weighted by atomic mass is 16.7. The quantitative estimate of drug-likeness (QED) is 0.317. The Labute approximate surface area is 265 Å². The lowest BCUT2D eigenvalue weighted by atomic mass is 9.45. The highest BCUT2D eigenvalue weighted by molar-refractivity contribution is 5.82. The molecule has 0 radical (unpaired) electrons. The van der Waals surface area contributed by atoms with Gasteiger partial charge in [-0.15, -0.1) is 0 Å². The minimum absolute atomic E-state index is 0.0485. The van der Waals surface area contributed by atoms with E-state index in [1.165, 1.54) is 17.5 Å². The predicted octanol–water partition coefficient (Wildman–Crippen LogP) is 4.98. The van der Waals surface area contributed by atoms with E-state index in [9.17, 15) is 9.90 Å². The lowest BCUT2D eigenvalue weighted by molar-refractivity contribution is -0.183. The molecule has 1 heterocycles. The number of nitrogens with zero attached hydrogens (tertiary/aromatic N) is 3. The van der Waals surface area contributed by atoms with E-state index in [1.807, 2.05) is 5.06 Å². The number of amides is 1. The topological polar surface area (TPSA) is 68.3 Å². The van der Waals surface area contributed by atoms with E-state index in [0.29, 0.717) is 29.7 Å². The number of benzene rings is 2. The van der Waals surface area contributed by atoms with Gasteiger partial charge in [-0.05, 0) is 79.6 Å². The molecule has 7 heteroatoms. The maximum atomic E-state index is 14.0. The summed E-state index contributed by atoms with van der Waals surface area (Å²) >= 11 is 0. The van der Waals surface area contributed by atoms with Crippen molar-refractivity contribution in [1.29, 1.82) is 0 Å². The maximum Gasteiger partial charge on any atom is 0.240 e. The third kappa shape index (κ3) is 7.39. The second kappa shape index (κ2) is 14.4. The van der Waals surface area contributed by atoms with Crippen LogP contribution in [0.15, 0.2) is 54.6 Å². The van der Waals surface area contributed by atoms with E-state index in [0.717, 1.165) is 51.0 Å². The zero-order chi connectivity index (χ0) is 31.4. The summed E-state index contributed by atoms with van der Waals surface area (Å²) in [5.41, 5.74) is 4.13. The van der Waals surface area contributed by atoms with E-state index < -0.39 is 6.04 Å². The third-order valence-corrected chi connectivity index (χ3v) is 11.2. The molecule has 2 aromatic carbocycles. The number of aliphatic hydroxyl groups excluding tert-OH is 1. The number of carbonyl (C=O) groups excluding carboxylic acids is 1. The minimum Gasteiger partial charge on any atom is -0.394 e. The first-order valence-corrected chi connectivity index (χ1v) is 16.9. The fraction of sp³-hybridized carbons (Fsp3) is 0.649. The molecule has 7 nitrogen and oxygen atoms in total. The molecule has 0 aromatic heterocycles. The van der Waals surface area contributed by atoms with Gasteiger partial charge in [-0.3, -0.25) is 14.5 Å². The first kappa shape index (κ1) is 33.1. The van der Waals surface area contributed by atoms with Gasteiger partial charge in [0.2, 0.25) is 5.91 Å². The molecular formula is C37H56N4O3. The normalized spacial score (nSPS) is 29.6. The number of rotatable bonds is 14. The van der Waals surface area contributed by atoms with Gasteiger partial charge in [-0.1, -0.05) is 82.3 Å². The molecule has 2 bridgehead atoms. The average molecular weight is 605 g/mol. The fourth-order valence-electron chi connectivity index (χ4n) is 8.27. The van der Waals surface area contributed by atoms with Crippen molar-refractivity contribution in [3.8, 4) is 0 Å². The summed E-state index contributed by atoms with van der Waals surface area (Å²) in [6.07, 6.45) is 3.78. The first-order valence-electron chi connectivity index (χ1n) is 16.9. The van der Waals surface area contributed by atoms with Crippen LogP contribution >= 0.6 is 0 Å². The Morgan fingerprint density at radius 1 is 1.02 bits per heavy atom. The SMILES string of the molecule is CC[C@@H]1[C@H](CO)ON(Cc2cccc(CN(CCc3ccccc3)CCN(C)C)c2)[C@@H]1C(=O)N[C@H]1C[C@H]2C[C@@H]([C@@H]1C)C2(C)C. The summed E-state index contributed by atoms with van der Waals surface area (Å²) in [5, 5.41) is 15.5. The second-order valence-electron chi connectivity index (χ2n) is 14.6. The maximum absolute atomic E-state index is 14.0. The van der Waals surface area contributed by atoms with Gasteiger partial charge >= 0.3 is 0 Å². The van der Waals surface area contributed by atoms with E-state index in [4.69, 9.17) is 4.84 Å². The van der Waals surface area contributed by atoms with Gasteiger partial charge in [0.1, 0.15) is 12.1 Å². The van der Waals surface area contributed by atoms with Crippen LogP contribution < -0.4 is 5.32 Å². The number of aliphatic hydroxyl groups is 1. The van der Waals surface area contributed by atoms with Crippen molar-refractivity contribution in [2.45, 2.75) is 84.7 Å². The van der Waals surface area contributed by atoms with Gasteiger partial charge < -0.3 is 15.3 Å². The monoisotopic (exact) mass is 604 g/mol. The van der Waals surface area contributed by atoms with Crippen LogP contribution in [0.5, 0.6) is 0 Å². The number of fused-ring (bicyclic) bond motifs is 2. The number of hydroxylamine groups is 2. The standard InChI is InChI=1S/C37H56N4O3/c1-7-31-34(25-42)44-41(35(31)36(43)38-33-22-30-21-32(26(33)2)37(30,3)4)24-29-15-11-14-28(20-29)23-40(19-18-39(5)6)17-16-27-12-9-8-10-13-27/h8-15,20,26,30-35,42H,7,16-19,21-25H2,1-6H3,(H,38,43)/t26-,30+,31+,32-,33-,34-,35-/m0/s1. The van der Waals surface area contributed by atoms with Gasteiger partial charge in [-0.25, -0.2) is 0 Å². The van der Waals surface area contributed by atoms with Crippen LogP contribution in [0.25, 0.3) is 0 Å². The van der Waals surface area contributed by atoms with Crippen molar-refractivity contribution >= 4 is 5.91 Å². The molecule has 0 spiro atoms. The lowest BCUT2D eigenvalue weighted by Gasteiger charge is -2.62. The van der Waals surface area contributed by atoms with Crippen molar-refractivity contribution in [3.63, 3.8) is 0 Å². The molecule has 1 saturated heterocycles. The number of carbonyl (C=O) groups is 1. The minimum atomic E-state index is -0.415. The predicted molar refractivity (Wildman–Crippen MR) is 177 cm³/mol. The van der Waals surface area contributed by atoms with Crippen LogP contribution in [-0.4, -0.2) is 84.4 Å². The summed E-state index contributed by atoms with van der Waals surface area (Å²) in [7, 11) is 4.25. The molecule has 2 N–H and O–H groups in total. The van der Waals surface area contributed by atoms with Crippen LogP contribution in [0.2, 0.25) is 0 Å². The smallest absolute Gasteiger partial charge is 0.240 e. The van der Waals surface area contributed by atoms with Crippen molar-refractivity contribution in [3.05, 3.63) is 71.3 Å². The first-order chi connectivity index (χ1) is 21.1. The average Bonchev–Trinajstić information content (AvgIpc) is 3.37. The molecule has 1 aliphatic heterocycles. The van der Waals surface area contributed by atoms with Crippen LogP contribution in [0.3, 0.4) is 0 Å². The Morgan fingerprint density at radius 2 is 1.75 bits per heavy atom. The van der Waals surface area contributed by atoms with Crippen molar-refractivity contribution in [1.82, 2.24) is 20.2 Å². The largest absolute Gasteiger partial charge is 0.394 e. The van der Waals surface area contributed by atoms with E-state index >= 15 is 0 Å². The highest BCUT2D eigenvalue weighted by Gasteiger charge is 2.57. The molecule has 0 unspecified atom stereocenters. The van der Waals surface area contributed by atoms with Gasteiger partial charge in [0.25, 0.3) is 0 Å². The van der Waals surface area contributed by atoms with E-state index in [2.05, 4.69) is 112 Å². The molecule has 4 fully saturated rings. The van der Waals surface area contributed by atoms with Crippen molar-refractivity contribution in [2.75, 3.05) is 40.3 Å². The van der Waals surface area contributed by atoms with Crippen molar-refractivity contribution in [2.24, 2.45) is 29.1 Å². The van der Waals surface area contributed by atoms with Crippen molar-refractivity contribution < 1.29 is 14.7 Å². The van der Waals surface area contributed by atoms with Crippen LogP contribution in [-0.2, 0) is 29.1 Å². The van der Waals surface area contributed by atoms with Crippen LogP contribution in [0, 0.1) is 29.1 Å². The number of likely N-dealkylation sites (N-methyl/N-ethyl adjacent to an activating group) is 1. The Balaban J connectivity index is 1.26. The van der Waals surface area contributed by atoms with Gasteiger partial charge in [0.15, 0.2) is 0 Å². The zero-order valence-electron chi connectivity index (χ0n) is 27.9. The summed E-state index contributed by atoms with van der Waals surface area (Å²) in [6, 6.07) is 19.2. The molecule has 1 amide bonds. The number of hydrogen-bond donors (Lipinski definition) is 2. The highest BCUT2D eigenvalue weighted by Crippen LogP contribution is 2.61. The molecule has 6 rings (SSSR count). The van der Waals surface area contributed by atoms with Gasteiger partial charge in [0.05, 0.1) is 13.2 Å². The summed E-state index contributed by atoms with van der Waals surface area (Å²) in [5.74, 6) is 1.83. The fourth-order valence-corrected chi connectivity index (χ4v) is 8.27. The molecule has 2 aromatic rings. The number of hydrogen-bond acceptors (Lipinski definition) is 6.